The van der Waals surface area contributed by atoms with Gasteiger partial charge in [-0.1, -0.05) is 94.3 Å². The summed E-state index contributed by atoms with van der Waals surface area (Å²) < 4.78 is 6.95. The van der Waals surface area contributed by atoms with E-state index < -0.39 is 8.32 Å². The van der Waals surface area contributed by atoms with E-state index in [1.807, 2.05) is 0 Å². The van der Waals surface area contributed by atoms with Gasteiger partial charge in [-0.25, -0.2) is 0 Å². The van der Waals surface area contributed by atoms with E-state index in [-0.39, 0.29) is 11.1 Å². The molecule has 0 spiro atoms. The standard InChI is InChI=1S/C24H34O2Si/c1-24(2,3)27(21-13-6-4-7-14-21,22-15-8-5-9-16-22)26-19-18-20-12-10-11-17-23(20)25/h4-9,13-16,20,23,25H,10-12,17-19H2,1-3H3. The van der Waals surface area contributed by atoms with Crippen LogP contribution in [0.3, 0.4) is 0 Å². The highest BCUT2D eigenvalue weighted by Crippen LogP contribution is 2.37. The zero-order chi connectivity index (χ0) is 19.3. The monoisotopic (exact) mass is 382 g/mol. The summed E-state index contributed by atoms with van der Waals surface area (Å²) in [6.07, 6.45) is 5.27. The molecule has 3 rings (SSSR count). The molecule has 2 aromatic carbocycles. The zero-order valence-electron chi connectivity index (χ0n) is 17.0. The second kappa shape index (κ2) is 8.72. The Morgan fingerprint density at radius 2 is 1.41 bits per heavy atom. The predicted molar refractivity (Wildman–Crippen MR) is 116 cm³/mol. The van der Waals surface area contributed by atoms with Crippen LogP contribution in [0.25, 0.3) is 0 Å². The fourth-order valence-corrected chi connectivity index (χ4v) is 9.23. The minimum Gasteiger partial charge on any atom is -0.407 e. The minimum atomic E-state index is -2.44. The molecule has 2 aromatic rings. The van der Waals surface area contributed by atoms with Gasteiger partial charge >= 0.3 is 0 Å². The van der Waals surface area contributed by atoms with Gasteiger partial charge in [0.15, 0.2) is 0 Å². The summed E-state index contributed by atoms with van der Waals surface area (Å²) in [7, 11) is -2.44. The van der Waals surface area contributed by atoms with E-state index in [2.05, 4.69) is 81.4 Å². The Hall–Kier alpha value is -1.42. The Labute approximate surface area is 165 Å². The maximum atomic E-state index is 10.3. The van der Waals surface area contributed by atoms with Crippen molar-refractivity contribution in [3.63, 3.8) is 0 Å². The highest BCUT2D eigenvalue weighted by atomic mass is 28.4. The summed E-state index contributed by atoms with van der Waals surface area (Å²) in [6, 6.07) is 21.6. The van der Waals surface area contributed by atoms with Crippen molar-refractivity contribution in [2.45, 2.75) is 64.0 Å². The maximum absolute atomic E-state index is 10.3. The first-order valence-electron chi connectivity index (χ1n) is 10.4. The molecule has 1 N–H and O–H groups in total. The molecule has 27 heavy (non-hydrogen) atoms. The van der Waals surface area contributed by atoms with E-state index in [0.717, 1.165) is 32.3 Å². The molecular formula is C24H34O2Si. The average molecular weight is 383 g/mol. The maximum Gasteiger partial charge on any atom is 0.261 e. The van der Waals surface area contributed by atoms with Crippen LogP contribution in [0, 0.1) is 5.92 Å². The number of aliphatic hydroxyl groups is 1. The first-order valence-corrected chi connectivity index (χ1v) is 12.3. The molecule has 0 heterocycles. The lowest BCUT2D eigenvalue weighted by molar-refractivity contribution is 0.0564. The molecule has 2 unspecified atom stereocenters. The Morgan fingerprint density at radius 3 is 1.89 bits per heavy atom. The first kappa shape index (κ1) is 20.3. The third-order valence-electron chi connectivity index (χ3n) is 6.09. The van der Waals surface area contributed by atoms with Crippen LogP contribution in [0.5, 0.6) is 0 Å². The van der Waals surface area contributed by atoms with Crippen molar-refractivity contribution in [2.24, 2.45) is 5.92 Å². The molecule has 0 amide bonds. The van der Waals surface area contributed by atoms with E-state index in [9.17, 15) is 5.11 Å². The van der Waals surface area contributed by atoms with E-state index in [1.54, 1.807) is 0 Å². The second-order valence-electron chi connectivity index (χ2n) is 8.91. The lowest BCUT2D eigenvalue weighted by Crippen LogP contribution is -2.66. The normalized spacial score (nSPS) is 21.2. The van der Waals surface area contributed by atoms with Crippen LogP contribution < -0.4 is 10.4 Å². The lowest BCUT2D eigenvalue weighted by Gasteiger charge is -2.43. The van der Waals surface area contributed by atoms with Crippen molar-refractivity contribution >= 4 is 18.7 Å². The highest BCUT2D eigenvalue weighted by Gasteiger charge is 2.50. The van der Waals surface area contributed by atoms with Crippen molar-refractivity contribution in [1.29, 1.82) is 0 Å². The van der Waals surface area contributed by atoms with Crippen molar-refractivity contribution in [3.05, 3.63) is 60.7 Å². The molecule has 2 nitrogen and oxygen atoms in total. The fourth-order valence-electron chi connectivity index (χ4n) is 4.65. The fraction of sp³-hybridized carbons (Fsp3) is 0.500. The van der Waals surface area contributed by atoms with Crippen LogP contribution in [0.4, 0.5) is 0 Å². The zero-order valence-corrected chi connectivity index (χ0v) is 18.0. The van der Waals surface area contributed by atoms with Gasteiger partial charge in [-0.15, -0.1) is 0 Å². The third kappa shape index (κ3) is 4.36. The number of hydrogen-bond donors (Lipinski definition) is 1. The molecular weight excluding hydrogens is 348 g/mol. The molecule has 0 aromatic heterocycles. The van der Waals surface area contributed by atoms with Gasteiger partial charge < -0.3 is 9.53 Å². The lowest BCUT2D eigenvalue weighted by atomic mass is 9.85. The Bertz CT molecular complexity index is 654. The number of rotatable bonds is 6. The van der Waals surface area contributed by atoms with Crippen LogP contribution in [0.1, 0.15) is 52.9 Å². The van der Waals surface area contributed by atoms with Crippen molar-refractivity contribution < 1.29 is 9.53 Å². The molecule has 1 aliphatic rings. The smallest absolute Gasteiger partial charge is 0.261 e. The molecule has 146 valence electrons. The van der Waals surface area contributed by atoms with Crippen molar-refractivity contribution in [3.8, 4) is 0 Å². The van der Waals surface area contributed by atoms with Gasteiger partial charge in [-0.3, -0.25) is 0 Å². The number of hydrogen-bond acceptors (Lipinski definition) is 2. The third-order valence-corrected chi connectivity index (χ3v) is 11.1. The van der Waals surface area contributed by atoms with E-state index in [4.69, 9.17) is 4.43 Å². The second-order valence-corrected chi connectivity index (χ2v) is 13.2. The molecule has 0 radical (unpaired) electrons. The Morgan fingerprint density at radius 1 is 0.889 bits per heavy atom. The summed E-state index contributed by atoms with van der Waals surface area (Å²) in [6.45, 7) is 7.66. The molecule has 0 bridgehead atoms. The molecule has 2 atom stereocenters. The summed E-state index contributed by atoms with van der Waals surface area (Å²) in [5.74, 6) is 0.386. The van der Waals surface area contributed by atoms with Crippen LogP contribution in [0.2, 0.25) is 5.04 Å². The summed E-state index contributed by atoms with van der Waals surface area (Å²) in [4.78, 5) is 0. The van der Waals surface area contributed by atoms with Gasteiger partial charge in [0.05, 0.1) is 6.10 Å². The van der Waals surface area contributed by atoms with Crippen LogP contribution in [-0.4, -0.2) is 26.1 Å². The largest absolute Gasteiger partial charge is 0.407 e. The number of aliphatic hydroxyl groups excluding tert-OH is 1. The minimum absolute atomic E-state index is 0.0148. The quantitative estimate of drug-likeness (QED) is 0.745. The van der Waals surface area contributed by atoms with Crippen LogP contribution in [0.15, 0.2) is 60.7 Å². The average Bonchev–Trinajstić information content (AvgIpc) is 2.67. The van der Waals surface area contributed by atoms with Crippen LogP contribution in [-0.2, 0) is 4.43 Å². The predicted octanol–water partition coefficient (Wildman–Crippen LogP) is 4.50. The molecule has 1 fully saturated rings. The van der Waals surface area contributed by atoms with Crippen LogP contribution >= 0.6 is 0 Å². The molecule has 3 heteroatoms. The van der Waals surface area contributed by atoms with E-state index in [0.29, 0.717) is 5.92 Å². The van der Waals surface area contributed by atoms with Gasteiger partial charge in [0.25, 0.3) is 8.32 Å². The Balaban J connectivity index is 1.92. The molecule has 0 aliphatic heterocycles. The summed E-state index contributed by atoms with van der Waals surface area (Å²) in [5, 5.41) is 13.0. The van der Waals surface area contributed by atoms with Crippen molar-refractivity contribution in [2.75, 3.05) is 6.61 Å². The van der Waals surface area contributed by atoms with Crippen molar-refractivity contribution in [1.82, 2.24) is 0 Å². The van der Waals surface area contributed by atoms with Gasteiger partial charge in [-0.2, -0.15) is 0 Å². The number of benzene rings is 2. The Kier molecular flexibility index (Phi) is 6.56. The van der Waals surface area contributed by atoms with Gasteiger partial charge in [0.1, 0.15) is 0 Å². The first-order chi connectivity index (χ1) is 12.9. The van der Waals surface area contributed by atoms with Gasteiger partial charge in [0.2, 0.25) is 0 Å². The summed E-state index contributed by atoms with van der Waals surface area (Å²) in [5.41, 5.74) is 0. The van der Waals surface area contributed by atoms with Gasteiger partial charge in [0, 0.05) is 6.61 Å². The highest BCUT2D eigenvalue weighted by molar-refractivity contribution is 6.99. The summed E-state index contributed by atoms with van der Waals surface area (Å²) >= 11 is 0. The molecule has 1 saturated carbocycles. The van der Waals surface area contributed by atoms with E-state index in [1.165, 1.54) is 16.8 Å². The molecule has 0 saturated heterocycles. The SMILES string of the molecule is CC(C)(C)[Si](OCCC1CCCCC1O)(c1ccccc1)c1ccccc1. The molecule has 1 aliphatic carbocycles. The van der Waals surface area contributed by atoms with E-state index >= 15 is 0 Å². The topological polar surface area (TPSA) is 29.5 Å². The van der Waals surface area contributed by atoms with Gasteiger partial charge in [-0.05, 0) is 40.6 Å².